The molecule has 3 aliphatic rings. The van der Waals surface area contributed by atoms with Gasteiger partial charge in [-0.05, 0) is 56.7 Å². The number of nitrogens with one attached hydrogen (secondary N) is 2. The summed E-state index contributed by atoms with van der Waals surface area (Å²) in [5.41, 5.74) is 1.30. The van der Waals surface area contributed by atoms with Gasteiger partial charge in [0.15, 0.2) is 0 Å². The van der Waals surface area contributed by atoms with E-state index in [9.17, 15) is 13.2 Å². The van der Waals surface area contributed by atoms with Crippen LogP contribution in [0.5, 0.6) is 0 Å². The Hall–Kier alpha value is -2.32. The average Bonchev–Trinajstić information content (AvgIpc) is 3.49. The van der Waals surface area contributed by atoms with Gasteiger partial charge in [0, 0.05) is 19.0 Å². The number of furan rings is 1. The summed E-state index contributed by atoms with van der Waals surface area (Å²) in [6.45, 7) is 3.06. The van der Waals surface area contributed by atoms with E-state index in [0.717, 1.165) is 31.4 Å². The van der Waals surface area contributed by atoms with Crippen LogP contribution in [0.4, 0.5) is 5.69 Å². The van der Waals surface area contributed by atoms with Gasteiger partial charge in [0.1, 0.15) is 16.4 Å². The molecule has 1 saturated carbocycles. The fourth-order valence-electron chi connectivity index (χ4n) is 4.35. The van der Waals surface area contributed by atoms with E-state index in [0.29, 0.717) is 36.0 Å². The molecule has 1 saturated heterocycles. The Labute approximate surface area is 170 Å². The highest BCUT2D eigenvalue weighted by Crippen LogP contribution is 2.42. The Morgan fingerprint density at radius 1 is 1.14 bits per heavy atom. The average molecular weight is 416 g/mol. The molecule has 0 spiro atoms. The van der Waals surface area contributed by atoms with E-state index in [1.54, 1.807) is 18.2 Å². The van der Waals surface area contributed by atoms with E-state index in [1.165, 1.54) is 0 Å². The summed E-state index contributed by atoms with van der Waals surface area (Å²) in [5, 5.41) is 3.32. The van der Waals surface area contributed by atoms with Gasteiger partial charge in [0.25, 0.3) is 5.91 Å². The van der Waals surface area contributed by atoms with Gasteiger partial charge in [-0.15, -0.1) is 0 Å². The quantitative estimate of drug-likeness (QED) is 0.804. The Morgan fingerprint density at radius 2 is 1.86 bits per heavy atom. The lowest BCUT2D eigenvalue weighted by molar-refractivity contribution is 0.0677. The van der Waals surface area contributed by atoms with Crippen LogP contribution in [0.1, 0.15) is 53.5 Å². The zero-order valence-electron chi connectivity index (χ0n) is 16.3. The highest BCUT2D eigenvalue weighted by molar-refractivity contribution is 7.89. The van der Waals surface area contributed by atoms with Crippen LogP contribution in [0.3, 0.4) is 0 Å². The SMILES string of the molecule is Cc1oc(C2CC2)cc1C(=O)N1CCC(C2Nc3ccccc3S(=O)(=O)N2)CC1. The predicted molar refractivity (Wildman–Crippen MR) is 108 cm³/mol. The largest absolute Gasteiger partial charge is 0.465 e. The van der Waals surface area contributed by atoms with Crippen molar-refractivity contribution >= 4 is 21.6 Å². The Bertz CT molecular complexity index is 1050. The number of carbonyl (C=O) groups is 1. The standard InChI is InChI=1S/C21H25N3O4S/c1-13-16(12-18(28-13)14-6-7-14)21(25)24-10-8-15(9-11-24)20-22-17-4-2-3-5-19(17)29(26,27)23-20/h2-5,12,14-15,20,22-23H,6-11H2,1H3. The van der Waals surface area contributed by atoms with Crippen molar-refractivity contribution < 1.29 is 17.6 Å². The van der Waals surface area contributed by atoms with Gasteiger partial charge in [-0.2, -0.15) is 4.72 Å². The lowest BCUT2D eigenvalue weighted by Crippen LogP contribution is -2.52. The first-order valence-electron chi connectivity index (χ1n) is 10.2. The van der Waals surface area contributed by atoms with Gasteiger partial charge < -0.3 is 14.6 Å². The summed E-state index contributed by atoms with van der Waals surface area (Å²) in [6.07, 6.45) is 3.39. The van der Waals surface area contributed by atoms with Crippen LogP contribution in [0.2, 0.25) is 0 Å². The number of hydrogen-bond donors (Lipinski definition) is 2. The van der Waals surface area contributed by atoms with Crippen molar-refractivity contribution in [3.8, 4) is 0 Å². The Balaban J connectivity index is 1.26. The molecule has 1 amide bonds. The molecule has 0 radical (unpaired) electrons. The molecule has 0 bridgehead atoms. The summed E-state index contributed by atoms with van der Waals surface area (Å²) in [4.78, 5) is 15.1. The number of rotatable bonds is 3. The second kappa shape index (κ2) is 6.88. The molecule has 7 nitrogen and oxygen atoms in total. The number of amides is 1. The van der Waals surface area contributed by atoms with E-state index in [4.69, 9.17) is 4.42 Å². The van der Waals surface area contributed by atoms with Crippen molar-refractivity contribution in [2.24, 2.45) is 5.92 Å². The summed E-state index contributed by atoms with van der Waals surface area (Å²) in [6, 6.07) is 8.85. The number of likely N-dealkylation sites (tertiary alicyclic amines) is 1. The molecule has 1 unspecified atom stereocenters. The van der Waals surface area contributed by atoms with Crippen LogP contribution >= 0.6 is 0 Å². The molecule has 29 heavy (non-hydrogen) atoms. The molecule has 1 aromatic heterocycles. The summed E-state index contributed by atoms with van der Waals surface area (Å²) in [5.74, 6) is 2.24. The zero-order chi connectivity index (χ0) is 20.2. The van der Waals surface area contributed by atoms with Crippen LogP contribution in [0, 0.1) is 12.8 Å². The van der Waals surface area contributed by atoms with Crippen molar-refractivity contribution in [2.75, 3.05) is 18.4 Å². The van der Waals surface area contributed by atoms with Gasteiger partial charge in [-0.3, -0.25) is 4.79 Å². The number of hydrogen-bond acceptors (Lipinski definition) is 5. The molecule has 1 aromatic carbocycles. The highest BCUT2D eigenvalue weighted by atomic mass is 32.2. The van der Waals surface area contributed by atoms with Crippen LogP contribution < -0.4 is 10.0 Å². The molecular weight excluding hydrogens is 390 g/mol. The number of nitrogens with zero attached hydrogens (tertiary/aromatic N) is 1. The Morgan fingerprint density at radius 3 is 2.59 bits per heavy atom. The van der Waals surface area contributed by atoms with Gasteiger partial charge in [-0.25, -0.2) is 8.42 Å². The molecule has 154 valence electrons. The number of anilines is 1. The molecule has 1 atom stereocenters. The van der Waals surface area contributed by atoms with Crippen molar-refractivity contribution in [3.63, 3.8) is 0 Å². The minimum atomic E-state index is -3.52. The molecule has 2 aliphatic heterocycles. The first kappa shape index (κ1) is 18.7. The first-order valence-corrected chi connectivity index (χ1v) is 11.7. The fraction of sp³-hybridized carbons (Fsp3) is 0.476. The maximum Gasteiger partial charge on any atom is 0.257 e. The molecule has 2 fully saturated rings. The predicted octanol–water partition coefficient (Wildman–Crippen LogP) is 3.05. The lowest BCUT2D eigenvalue weighted by Gasteiger charge is -2.38. The number of fused-ring (bicyclic) bond motifs is 1. The number of piperidine rings is 1. The topological polar surface area (TPSA) is 91.7 Å². The molecule has 2 N–H and O–H groups in total. The minimum Gasteiger partial charge on any atom is -0.465 e. The molecule has 5 rings (SSSR count). The summed E-state index contributed by atoms with van der Waals surface area (Å²) < 4.78 is 33.7. The third kappa shape index (κ3) is 3.44. The van der Waals surface area contributed by atoms with E-state index in [-0.39, 0.29) is 22.9 Å². The van der Waals surface area contributed by atoms with Crippen molar-refractivity contribution in [1.29, 1.82) is 0 Å². The van der Waals surface area contributed by atoms with Crippen molar-refractivity contribution in [3.05, 3.63) is 47.4 Å². The molecule has 1 aliphatic carbocycles. The monoisotopic (exact) mass is 415 g/mol. The fourth-order valence-corrected chi connectivity index (χ4v) is 5.74. The van der Waals surface area contributed by atoms with Crippen LogP contribution in [-0.4, -0.2) is 38.5 Å². The molecule has 3 heterocycles. The molecule has 2 aromatic rings. The van der Waals surface area contributed by atoms with Gasteiger partial charge in [0.05, 0.1) is 17.4 Å². The third-order valence-electron chi connectivity index (χ3n) is 6.21. The van der Waals surface area contributed by atoms with Gasteiger partial charge >= 0.3 is 0 Å². The second-order valence-electron chi connectivity index (χ2n) is 8.26. The zero-order valence-corrected chi connectivity index (χ0v) is 17.2. The number of para-hydroxylation sites is 1. The van der Waals surface area contributed by atoms with Crippen molar-refractivity contribution in [2.45, 2.75) is 49.6 Å². The lowest BCUT2D eigenvalue weighted by atomic mass is 9.93. The van der Waals surface area contributed by atoms with Crippen molar-refractivity contribution in [1.82, 2.24) is 9.62 Å². The minimum absolute atomic E-state index is 0.0131. The Kier molecular flexibility index (Phi) is 4.43. The van der Waals surface area contributed by atoms with Crippen LogP contribution in [0.25, 0.3) is 0 Å². The van der Waals surface area contributed by atoms with Gasteiger partial charge in [-0.1, -0.05) is 12.1 Å². The first-order chi connectivity index (χ1) is 13.9. The van der Waals surface area contributed by atoms with E-state index in [2.05, 4.69) is 10.0 Å². The smallest absolute Gasteiger partial charge is 0.257 e. The maximum absolute atomic E-state index is 13.0. The van der Waals surface area contributed by atoms with Crippen LogP contribution in [-0.2, 0) is 10.0 Å². The third-order valence-corrected chi connectivity index (χ3v) is 7.71. The second-order valence-corrected chi connectivity index (χ2v) is 9.94. The molecular formula is C21H25N3O4S. The summed E-state index contributed by atoms with van der Waals surface area (Å²) >= 11 is 0. The number of sulfonamides is 1. The number of aryl methyl sites for hydroxylation is 1. The van der Waals surface area contributed by atoms with Gasteiger partial charge in [0.2, 0.25) is 10.0 Å². The van der Waals surface area contributed by atoms with E-state index < -0.39 is 10.0 Å². The highest BCUT2D eigenvalue weighted by Gasteiger charge is 2.36. The van der Waals surface area contributed by atoms with E-state index in [1.807, 2.05) is 24.0 Å². The number of carbonyl (C=O) groups excluding carboxylic acids is 1. The van der Waals surface area contributed by atoms with Crippen LogP contribution in [0.15, 0.2) is 39.6 Å². The summed E-state index contributed by atoms with van der Waals surface area (Å²) in [7, 11) is -3.52. The normalized spacial score (nSPS) is 24.0. The maximum atomic E-state index is 13.0. The number of benzene rings is 1. The van der Waals surface area contributed by atoms with E-state index >= 15 is 0 Å². The molecule has 8 heteroatoms.